The molecule has 0 aromatic heterocycles. The fourth-order valence-corrected chi connectivity index (χ4v) is 2.83. The normalized spacial score (nSPS) is 16.8. The molecule has 2 aromatic carbocycles. The van der Waals surface area contributed by atoms with E-state index in [4.69, 9.17) is 25.8 Å². The van der Waals surface area contributed by atoms with E-state index in [1.165, 1.54) is 0 Å². The number of fused-ring (bicyclic) bond motifs is 1. The molecule has 1 aliphatic rings. The van der Waals surface area contributed by atoms with E-state index in [1.807, 2.05) is 24.3 Å². The van der Waals surface area contributed by atoms with Crippen LogP contribution in [0.25, 0.3) is 0 Å². The van der Waals surface area contributed by atoms with Crippen LogP contribution >= 0.6 is 11.6 Å². The average molecular weight is 362 g/mol. The Hall–Kier alpha value is -2.40. The average Bonchev–Trinajstić information content (AvgIpc) is 2.61. The van der Waals surface area contributed by atoms with E-state index < -0.39 is 6.10 Å². The lowest BCUT2D eigenvalue weighted by molar-refractivity contribution is -0.138. The topological polar surface area (TPSA) is 48.0 Å². The Morgan fingerprint density at radius 1 is 1.28 bits per heavy atom. The van der Waals surface area contributed by atoms with Gasteiger partial charge in [0.1, 0.15) is 12.4 Å². The van der Waals surface area contributed by atoms with Crippen molar-refractivity contribution in [2.45, 2.75) is 19.1 Å². The Balaban J connectivity index is 1.55. The molecule has 25 heavy (non-hydrogen) atoms. The molecule has 0 radical (unpaired) electrons. The van der Waals surface area contributed by atoms with Crippen molar-refractivity contribution in [3.05, 3.63) is 53.6 Å². The Morgan fingerprint density at radius 3 is 2.80 bits per heavy atom. The first-order valence-corrected chi connectivity index (χ1v) is 8.46. The number of rotatable bonds is 5. The first kappa shape index (κ1) is 17.4. The number of halogens is 1. The Labute approximate surface area is 152 Å². The molecule has 0 saturated heterocycles. The molecule has 5 nitrogen and oxygen atoms in total. The molecule has 0 fully saturated rings. The van der Waals surface area contributed by atoms with Crippen molar-refractivity contribution in [2.75, 3.05) is 20.2 Å². The molecule has 0 bridgehead atoms. The van der Waals surface area contributed by atoms with E-state index in [0.717, 1.165) is 5.75 Å². The zero-order valence-electron chi connectivity index (χ0n) is 14.1. The predicted octanol–water partition coefficient (Wildman–Crippen LogP) is 3.41. The van der Waals surface area contributed by atoms with Crippen molar-refractivity contribution in [2.24, 2.45) is 0 Å². The smallest absolute Gasteiger partial charge is 0.263 e. The van der Waals surface area contributed by atoms with Gasteiger partial charge in [0.15, 0.2) is 23.7 Å². The molecular formula is C19H20ClNO4. The van der Waals surface area contributed by atoms with Gasteiger partial charge < -0.3 is 19.1 Å². The van der Waals surface area contributed by atoms with Gasteiger partial charge in [0, 0.05) is 12.1 Å². The predicted molar refractivity (Wildman–Crippen MR) is 95.5 cm³/mol. The minimum absolute atomic E-state index is 0.137. The van der Waals surface area contributed by atoms with Crippen LogP contribution in [0.15, 0.2) is 48.5 Å². The molecule has 0 spiro atoms. The van der Waals surface area contributed by atoms with Gasteiger partial charge in [-0.1, -0.05) is 29.8 Å². The highest BCUT2D eigenvalue weighted by atomic mass is 35.5. The summed E-state index contributed by atoms with van der Waals surface area (Å²) < 4.78 is 17.2. The molecule has 6 heteroatoms. The third-order valence-electron chi connectivity index (χ3n) is 3.88. The second kappa shape index (κ2) is 7.66. The van der Waals surface area contributed by atoms with Gasteiger partial charge in [0.05, 0.1) is 6.54 Å². The number of benzene rings is 2. The molecule has 1 aliphatic heterocycles. The third kappa shape index (κ3) is 4.37. The Bertz CT molecular complexity index is 752. The zero-order valence-corrected chi connectivity index (χ0v) is 14.9. The van der Waals surface area contributed by atoms with E-state index in [0.29, 0.717) is 29.7 Å². The molecule has 2 aromatic rings. The number of amides is 1. The maximum absolute atomic E-state index is 12.5. The highest BCUT2D eigenvalue weighted by molar-refractivity contribution is 6.30. The number of ether oxygens (including phenoxy) is 3. The first-order chi connectivity index (χ1) is 12.0. The summed E-state index contributed by atoms with van der Waals surface area (Å²) in [6, 6.07) is 14.5. The lowest BCUT2D eigenvalue weighted by atomic mass is 10.2. The summed E-state index contributed by atoms with van der Waals surface area (Å²) in [6.45, 7) is 2.53. The largest absolute Gasteiger partial charge is 0.486 e. The van der Waals surface area contributed by atoms with Crippen LogP contribution in [-0.4, -0.2) is 43.2 Å². The lowest BCUT2D eigenvalue weighted by Gasteiger charge is -2.30. The maximum atomic E-state index is 12.5. The molecule has 1 amide bonds. The zero-order chi connectivity index (χ0) is 17.8. The van der Waals surface area contributed by atoms with Crippen LogP contribution in [0.1, 0.15) is 6.92 Å². The molecule has 3 rings (SSSR count). The highest BCUT2D eigenvalue weighted by Crippen LogP contribution is 2.31. The fourth-order valence-electron chi connectivity index (χ4n) is 2.65. The highest BCUT2D eigenvalue weighted by Gasteiger charge is 2.26. The van der Waals surface area contributed by atoms with Crippen molar-refractivity contribution in [3.8, 4) is 17.2 Å². The van der Waals surface area contributed by atoms with Gasteiger partial charge in [0.2, 0.25) is 0 Å². The molecule has 1 heterocycles. The number of hydrogen-bond donors (Lipinski definition) is 0. The van der Waals surface area contributed by atoms with Gasteiger partial charge in [-0.2, -0.15) is 0 Å². The van der Waals surface area contributed by atoms with E-state index in [-0.39, 0.29) is 12.0 Å². The summed E-state index contributed by atoms with van der Waals surface area (Å²) in [5.74, 6) is 1.85. The molecule has 132 valence electrons. The van der Waals surface area contributed by atoms with Gasteiger partial charge >= 0.3 is 0 Å². The van der Waals surface area contributed by atoms with Crippen molar-refractivity contribution in [1.82, 2.24) is 4.90 Å². The van der Waals surface area contributed by atoms with Crippen molar-refractivity contribution < 1.29 is 19.0 Å². The number of carbonyl (C=O) groups excluding carboxylic acids is 1. The van der Waals surface area contributed by atoms with Crippen LogP contribution in [-0.2, 0) is 4.79 Å². The summed E-state index contributed by atoms with van der Waals surface area (Å²) in [5.41, 5.74) is 0. The summed E-state index contributed by atoms with van der Waals surface area (Å²) in [4.78, 5) is 14.1. The Kier molecular flexibility index (Phi) is 5.34. The fraction of sp³-hybridized carbons (Fsp3) is 0.316. The van der Waals surface area contributed by atoms with Crippen LogP contribution in [0, 0.1) is 0 Å². The first-order valence-electron chi connectivity index (χ1n) is 8.08. The number of hydrogen-bond acceptors (Lipinski definition) is 4. The van der Waals surface area contributed by atoms with E-state index in [1.54, 1.807) is 43.1 Å². The van der Waals surface area contributed by atoms with Gasteiger partial charge in [-0.3, -0.25) is 4.79 Å². The monoisotopic (exact) mass is 361 g/mol. The van der Waals surface area contributed by atoms with Crippen LogP contribution in [0.2, 0.25) is 5.02 Å². The maximum Gasteiger partial charge on any atom is 0.263 e. The number of nitrogens with zero attached hydrogens (tertiary/aromatic N) is 1. The third-order valence-corrected chi connectivity index (χ3v) is 4.11. The number of carbonyl (C=O) groups is 1. The summed E-state index contributed by atoms with van der Waals surface area (Å²) >= 11 is 5.93. The van der Waals surface area contributed by atoms with Crippen LogP contribution < -0.4 is 14.2 Å². The number of para-hydroxylation sites is 2. The molecule has 0 N–H and O–H groups in total. The molecule has 2 atom stereocenters. The second-order valence-electron chi connectivity index (χ2n) is 5.93. The summed E-state index contributed by atoms with van der Waals surface area (Å²) in [5, 5.41) is 0.567. The molecule has 0 saturated carbocycles. The molecule has 0 aliphatic carbocycles. The van der Waals surface area contributed by atoms with Crippen LogP contribution in [0.5, 0.6) is 17.2 Å². The van der Waals surface area contributed by atoms with E-state index in [2.05, 4.69) is 0 Å². The lowest BCUT2D eigenvalue weighted by Crippen LogP contribution is -2.45. The van der Waals surface area contributed by atoms with Gasteiger partial charge in [-0.05, 0) is 37.3 Å². The number of likely N-dealkylation sites (N-methyl/N-ethyl adjacent to an activating group) is 1. The van der Waals surface area contributed by atoms with Gasteiger partial charge in [0.25, 0.3) is 5.91 Å². The second-order valence-corrected chi connectivity index (χ2v) is 6.37. The minimum Gasteiger partial charge on any atom is -0.486 e. The van der Waals surface area contributed by atoms with Crippen molar-refractivity contribution in [1.29, 1.82) is 0 Å². The van der Waals surface area contributed by atoms with Gasteiger partial charge in [-0.25, -0.2) is 0 Å². The van der Waals surface area contributed by atoms with Crippen LogP contribution in [0.3, 0.4) is 0 Å². The van der Waals surface area contributed by atoms with Crippen molar-refractivity contribution in [3.63, 3.8) is 0 Å². The van der Waals surface area contributed by atoms with E-state index >= 15 is 0 Å². The van der Waals surface area contributed by atoms with Crippen molar-refractivity contribution >= 4 is 17.5 Å². The van der Waals surface area contributed by atoms with Gasteiger partial charge in [-0.15, -0.1) is 0 Å². The molecule has 2 unspecified atom stereocenters. The quantitative estimate of drug-likeness (QED) is 0.818. The van der Waals surface area contributed by atoms with E-state index in [9.17, 15) is 4.79 Å². The molecular weight excluding hydrogens is 342 g/mol. The van der Waals surface area contributed by atoms with Crippen LogP contribution in [0.4, 0.5) is 0 Å². The summed E-state index contributed by atoms with van der Waals surface area (Å²) in [6.07, 6.45) is -0.845. The Morgan fingerprint density at radius 2 is 2.04 bits per heavy atom. The summed E-state index contributed by atoms with van der Waals surface area (Å²) in [7, 11) is 1.73. The SMILES string of the molecule is CC(Oc1cccc(Cl)c1)C(=O)N(C)CC1COc2ccccc2O1. The standard InChI is InChI=1S/C19H20ClNO4/c1-13(24-15-7-5-6-14(20)10-15)19(22)21(2)11-16-12-23-17-8-3-4-9-18(17)25-16/h3-10,13,16H,11-12H2,1-2H3. The minimum atomic E-state index is -0.625.